The van der Waals surface area contributed by atoms with Gasteiger partial charge in [-0.1, -0.05) is 36.5 Å². The van der Waals surface area contributed by atoms with Crippen molar-refractivity contribution in [2.45, 2.75) is 38.8 Å². The minimum Gasteiger partial charge on any atom is -0.472 e. The van der Waals surface area contributed by atoms with E-state index < -0.39 is 39.0 Å². The standard InChI is InChI=1S/C23H21Cl2N3O8/c1-2-3-6-20(23(29)26-13-15-5-4-11-34-15)36-22-16(25)8-10-19(21(22)28(32)33)35-18-9-7-14(24)12-17(18)27(30)31/h4-5,7-12,20H,2-3,6,13H2,1H3,(H,26,29). The Morgan fingerprint density at radius 1 is 1.11 bits per heavy atom. The summed E-state index contributed by atoms with van der Waals surface area (Å²) in [6.45, 7) is 2.01. The average Bonchev–Trinajstić information content (AvgIpc) is 3.36. The van der Waals surface area contributed by atoms with Crippen LogP contribution in [0.25, 0.3) is 0 Å². The average molecular weight is 538 g/mol. The van der Waals surface area contributed by atoms with Gasteiger partial charge in [-0.25, -0.2) is 0 Å². The van der Waals surface area contributed by atoms with Gasteiger partial charge in [-0.3, -0.25) is 25.0 Å². The van der Waals surface area contributed by atoms with Gasteiger partial charge in [0.1, 0.15) is 5.76 Å². The Morgan fingerprint density at radius 2 is 1.86 bits per heavy atom. The number of hydrogen-bond acceptors (Lipinski definition) is 8. The van der Waals surface area contributed by atoms with Crippen LogP contribution in [0.1, 0.15) is 31.9 Å². The highest BCUT2D eigenvalue weighted by Crippen LogP contribution is 2.45. The molecule has 36 heavy (non-hydrogen) atoms. The molecule has 0 saturated heterocycles. The topological polar surface area (TPSA) is 147 Å². The van der Waals surface area contributed by atoms with Crippen molar-refractivity contribution >= 4 is 40.5 Å². The minimum absolute atomic E-state index is 0.0861. The highest BCUT2D eigenvalue weighted by Gasteiger charge is 2.31. The Bertz CT molecular complexity index is 1250. The van der Waals surface area contributed by atoms with Crippen LogP contribution in [-0.2, 0) is 11.3 Å². The second kappa shape index (κ2) is 12.2. The van der Waals surface area contributed by atoms with Crippen LogP contribution in [0.15, 0.2) is 53.1 Å². The first kappa shape index (κ1) is 26.8. The smallest absolute Gasteiger partial charge is 0.354 e. The first-order valence-corrected chi connectivity index (χ1v) is 11.5. The maximum atomic E-state index is 12.9. The van der Waals surface area contributed by atoms with E-state index >= 15 is 0 Å². The van der Waals surface area contributed by atoms with Gasteiger partial charge < -0.3 is 19.2 Å². The van der Waals surface area contributed by atoms with Crippen molar-refractivity contribution in [3.05, 3.63) is 84.8 Å². The molecule has 1 unspecified atom stereocenters. The summed E-state index contributed by atoms with van der Waals surface area (Å²) in [6, 6.07) is 9.42. The molecule has 0 aliphatic heterocycles. The van der Waals surface area contributed by atoms with Gasteiger partial charge in [0.25, 0.3) is 5.91 Å². The zero-order valence-corrected chi connectivity index (χ0v) is 20.5. The molecule has 1 aromatic heterocycles. The largest absolute Gasteiger partial charge is 0.472 e. The van der Waals surface area contributed by atoms with Crippen LogP contribution < -0.4 is 14.8 Å². The summed E-state index contributed by atoms with van der Waals surface area (Å²) in [4.78, 5) is 34.8. The van der Waals surface area contributed by atoms with E-state index in [1.54, 1.807) is 12.1 Å². The van der Waals surface area contributed by atoms with Gasteiger partial charge in [-0.15, -0.1) is 0 Å². The fourth-order valence-electron chi connectivity index (χ4n) is 3.21. The van der Waals surface area contributed by atoms with Crippen LogP contribution in [0, 0.1) is 20.2 Å². The minimum atomic E-state index is -1.11. The molecule has 0 saturated carbocycles. The summed E-state index contributed by atoms with van der Waals surface area (Å²) >= 11 is 12.1. The van der Waals surface area contributed by atoms with Crippen molar-refractivity contribution in [2.24, 2.45) is 0 Å². The monoisotopic (exact) mass is 537 g/mol. The molecule has 0 bridgehead atoms. The molecule has 2 aromatic carbocycles. The molecule has 190 valence electrons. The number of nitrogens with one attached hydrogen (secondary N) is 1. The molecule has 0 radical (unpaired) electrons. The van der Waals surface area contributed by atoms with Crippen LogP contribution >= 0.6 is 23.2 Å². The fourth-order valence-corrected chi connectivity index (χ4v) is 3.57. The number of nitro groups is 2. The molecule has 0 aliphatic carbocycles. The van der Waals surface area contributed by atoms with Gasteiger partial charge >= 0.3 is 11.4 Å². The van der Waals surface area contributed by atoms with Crippen LogP contribution in [0.4, 0.5) is 11.4 Å². The molecule has 3 rings (SSSR count). The van der Waals surface area contributed by atoms with E-state index in [-0.39, 0.29) is 34.5 Å². The van der Waals surface area contributed by atoms with Gasteiger partial charge in [0.2, 0.25) is 17.2 Å². The van der Waals surface area contributed by atoms with E-state index in [1.165, 1.54) is 30.5 Å². The van der Waals surface area contributed by atoms with E-state index in [0.29, 0.717) is 12.2 Å². The predicted molar refractivity (Wildman–Crippen MR) is 131 cm³/mol. The number of rotatable bonds is 12. The summed E-state index contributed by atoms with van der Waals surface area (Å²) in [6.07, 6.45) is 1.94. The third kappa shape index (κ3) is 6.64. The van der Waals surface area contributed by atoms with Gasteiger partial charge in [-0.05, 0) is 49.2 Å². The van der Waals surface area contributed by atoms with Crippen molar-refractivity contribution in [3.8, 4) is 17.2 Å². The molecular weight excluding hydrogens is 517 g/mol. The maximum Gasteiger partial charge on any atom is 0.354 e. The summed E-state index contributed by atoms with van der Waals surface area (Å²) in [5.41, 5.74) is -1.18. The lowest BCUT2D eigenvalue weighted by Gasteiger charge is -2.20. The fraction of sp³-hybridized carbons (Fsp3) is 0.261. The zero-order valence-electron chi connectivity index (χ0n) is 18.9. The Labute approximate surface area is 215 Å². The van der Waals surface area contributed by atoms with Crippen LogP contribution in [-0.4, -0.2) is 21.9 Å². The number of hydrogen-bond donors (Lipinski definition) is 1. The molecule has 0 spiro atoms. The Hall–Kier alpha value is -3.83. The maximum absolute atomic E-state index is 12.9. The van der Waals surface area contributed by atoms with E-state index in [4.69, 9.17) is 37.1 Å². The number of ether oxygens (including phenoxy) is 2. The highest BCUT2D eigenvalue weighted by molar-refractivity contribution is 6.32. The summed E-state index contributed by atoms with van der Waals surface area (Å²) < 4.78 is 16.5. The van der Waals surface area contributed by atoms with E-state index in [0.717, 1.165) is 12.5 Å². The third-order valence-electron chi connectivity index (χ3n) is 4.96. The predicted octanol–water partition coefficient (Wildman–Crippen LogP) is 6.45. The summed E-state index contributed by atoms with van der Waals surface area (Å²) in [7, 11) is 0. The summed E-state index contributed by atoms with van der Waals surface area (Å²) in [5, 5.41) is 26.1. The molecule has 1 atom stereocenters. The lowest BCUT2D eigenvalue weighted by molar-refractivity contribution is -0.388. The number of carbonyl (C=O) groups excluding carboxylic acids is 1. The van der Waals surface area contributed by atoms with Crippen LogP contribution in [0.2, 0.25) is 10.0 Å². The first-order chi connectivity index (χ1) is 17.2. The molecule has 0 aliphatic rings. The number of benzene rings is 2. The molecule has 0 fully saturated rings. The molecule has 1 amide bonds. The Balaban J connectivity index is 1.95. The molecular formula is C23H21Cl2N3O8. The molecule has 13 heteroatoms. The van der Waals surface area contributed by atoms with Gasteiger partial charge in [0, 0.05) is 11.1 Å². The molecule has 1 N–H and O–H groups in total. The lowest BCUT2D eigenvalue weighted by atomic mass is 10.1. The number of unbranched alkanes of at least 4 members (excludes halogenated alkanes) is 1. The van der Waals surface area contributed by atoms with Crippen molar-refractivity contribution in [2.75, 3.05) is 0 Å². The Kier molecular flexibility index (Phi) is 9.09. The third-order valence-corrected chi connectivity index (χ3v) is 5.49. The normalized spacial score (nSPS) is 11.5. The van der Waals surface area contributed by atoms with Crippen molar-refractivity contribution in [3.63, 3.8) is 0 Å². The number of furan rings is 1. The van der Waals surface area contributed by atoms with Crippen LogP contribution in [0.5, 0.6) is 17.2 Å². The van der Waals surface area contributed by atoms with Crippen molar-refractivity contribution in [1.29, 1.82) is 0 Å². The first-order valence-electron chi connectivity index (χ1n) is 10.8. The van der Waals surface area contributed by atoms with E-state index in [1.807, 2.05) is 6.92 Å². The number of nitrogens with zero attached hydrogens (tertiary/aromatic N) is 2. The second-order valence-corrected chi connectivity index (χ2v) is 8.34. The van der Waals surface area contributed by atoms with Gasteiger partial charge in [-0.2, -0.15) is 0 Å². The van der Waals surface area contributed by atoms with Crippen molar-refractivity contribution < 1.29 is 28.5 Å². The number of amides is 1. The zero-order chi connectivity index (χ0) is 26.2. The molecule has 11 nitrogen and oxygen atoms in total. The molecule has 3 aromatic rings. The van der Waals surface area contributed by atoms with E-state index in [2.05, 4.69) is 5.32 Å². The Morgan fingerprint density at radius 3 is 2.50 bits per heavy atom. The highest BCUT2D eigenvalue weighted by atomic mass is 35.5. The lowest BCUT2D eigenvalue weighted by Crippen LogP contribution is -2.38. The van der Waals surface area contributed by atoms with Crippen molar-refractivity contribution in [1.82, 2.24) is 5.32 Å². The SMILES string of the molecule is CCCCC(Oc1c(Cl)ccc(Oc2ccc(Cl)cc2[N+](=O)[O-])c1[N+](=O)[O-])C(=O)NCc1ccco1. The second-order valence-electron chi connectivity index (χ2n) is 7.50. The van der Waals surface area contributed by atoms with Gasteiger partial charge in [0.05, 0.1) is 27.7 Å². The summed E-state index contributed by atoms with van der Waals surface area (Å²) in [5.74, 6) is -1.05. The quantitative estimate of drug-likeness (QED) is 0.204. The molecule has 1 heterocycles. The number of carbonyl (C=O) groups is 1. The van der Waals surface area contributed by atoms with Gasteiger partial charge in [0.15, 0.2) is 6.10 Å². The van der Waals surface area contributed by atoms with Crippen LogP contribution in [0.3, 0.4) is 0 Å². The number of nitro benzene ring substituents is 2. The number of halogens is 2. The van der Waals surface area contributed by atoms with E-state index in [9.17, 15) is 25.0 Å².